The third-order valence-electron chi connectivity index (χ3n) is 3.64. The van der Waals surface area contributed by atoms with Gasteiger partial charge in [-0.2, -0.15) is 0 Å². The fourth-order valence-corrected chi connectivity index (χ4v) is 2.52. The standard InChI is InChI=1S/C15H30N4O2/c1-11(2)17-15(21)18-14(20)10-19(12(3)4)9-13-6-5-7-16-8-13/h11-13,16H,5-10H2,1-4H3,(H2,17,18,20,21). The third kappa shape index (κ3) is 7.43. The Morgan fingerprint density at radius 2 is 2.00 bits per heavy atom. The molecule has 6 nitrogen and oxygen atoms in total. The Morgan fingerprint density at radius 1 is 1.29 bits per heavy atom. The predicted octanol–water partition coefficient (Wildman–Crippen LogP) is 0.931. The van der Waals surface area contributed by atoms with Gasteiger partial charge in [-0.15, -0.1) is 0 Å². The van der Waals surface area contributed by atoms with Crippen molar-refractivity contribution in [1.29, 1.82) is 0 Å². The number of carbonyl (C=O) groups excluding carboxylic acids is 2. The predicted molar refractivity (Wildman–Crippen MR) is 84.1 cm³/mol. The van der Waals surface area contributed by atoms with E-state index in [1.807, 2.05) is 13.8 Å². The highest BCUT2D eigenvalue weighted by Crippen LogP contribution is 2.13. The molecule has 1 rings (SSSR count). The van der Waals surface area contributed by atoms with Crippen molar-refractivity contribution in [3.63, 3.8) is 0 Å². The number of hydrogen-bond acceptors (Lipinski definition) is 4. The van der Waals surface area contributed by atoms with Crippen LogP contribution in [0.2, 0.25) is 0 Å². The van der Waals surface area contributed by atoms with Crippen LogP contribution in [0.15, 0.2) is 0 Å². The van der Waals surface area contributed by atoms with Crippen LogP contribution in [0.4, 0.5) is 4.79 Å². The van der Waals surface area contributed by atoms with Crippen LogP contribution in [-0.2, 0) is 4.79 Å². The minimum absolute atomic E-state index is 0.0207. The molecule has 122 valence electrons. The van der Waals surface area contributed by atoms with Crippen LogP contribution in [0.25, 0.3) is 0 Å². The molecule has 1 saturated heterocycles. The van der Waals surface area contributed by atoms with Crippen LogP contribution in [0, 0.1) is 5.92 Å². The molecule has 3 amide bonds. The lowest BCUT2D eigenvalue weighted by atomic mass is 9.98. The molecule has 0 aromatic heterocycles. The van der Waals surface area contributed by atoms with Crippen LogP contribution in [0.1, 0.15) is 40.5 Å². The van der Waals surface area contributed by atoms with E-state index >= 15 is 0 Å². The average molecular weight is 298 g/mol. The number of carbonyl (C=O) groups is 2. The van der Waals surface area contributed by atoms with Crippen molar-refractivity contribution < 1.29 is 9.59 Å². The van der Waals surface area contributed by atoms with Crippen molar-refractivity contribution in [1.82, 2.24) is 20.9 Å². The smallest absolute Gasteiger partial charge is 0.321 e. The minimum atomic E-state index is -0.418. The zero-order valence-corrected chi connectivity index (χ0v) is 13.7. The molecule has 1 atom stereocenters. The average Bonchev–Trinajstić information content (AvgIpc) is 2.37. The molecule has 0 saturated carbocycles. The molecule has 3 N–H and O–H groups in total. The first-order valence-electron chi connectivity index (χ1n) is 7.93. The number of piperidine rings is 1. The monoisotopic (exact) mass is 298 g/mol. The topological polar surface area (TPSA) is 73.5 Å². The summed E-state index contributed by atoms with van der Waals surface area (Å²) in [7, 11) is 0. The van der Waals surface area contributed by atoms with E-state index in [4.69, 9.17) is 0 Å². The fraction of sp³-hybridized carbons (Fsp3) is 0.867. The summed E-state index contributed by atoms with van der Waals surface area (Å²) in [5.41, 5.74) is 0. The second kappa shape index (κ2) is 9.00. The highest BCUT2D eigenvalue weighted by molar-refractivity contribution is 5.95. The molecule has 0 aromatic carbocycles. The molecular formula is C15H30N4O2. The molecule has 0 radical (unpaired) electrons. The van der Waals surface area contributed by atoms with Crippen molar-refractivity contribution in [3.05, 3.63) is 0 Å². The lowest BCUT2D eigenvalue weighted by Gasteiger charge is -2.32. The first-order valence-corrected chi connectivity index (χ1v) is 7.93. The Morgan fingerprint density at radius 3 is 2.52 bits per heavy atom. The van der Waals surface area contributed by atoms with Crippen molar-refractivity contribution in [2.45, 2.75) is 52.6 Å². The molecule has 1 unspecified atom stereocenters. The maximum Gasteiger partial charge on any atom is 0.321 e. The van der Waals surface area contributed by atoms with E-state index in [1.54, 1.807) is 0 Å². The molecular weight excluding hydrogens is 268 g/mol. The van der Waals surface area contributed by atoms with Crippen LogP contribution in [-0.4, -0.2) is 55.1 Å². The van der Waals surface area contributed by atoms with Crippen molar-refractivity contribution in [3.8, 4) is 0 Å². The summed E-state index contributed by atoms with van der Waals surface area (Å²) in [5.74, 6) is 0.337. The van der Waals surface area contributed by atoms with Crippen molar-refractivity contribution in [2.24, 2.45) is 5.92 Å². The van der Waals surface area contributed by atoms with Gasteiger partial charge in [0.2, 0.25) is 5.91 Å². The van der Waals surface area contributed by atoms with Gasteiger partial charge in [-0.25, -0.2) is 4.79 Å². The molecule has 21 heavy (non-hydrogen) atoms. The van der Waals surface area contributed by atoms with Gasteiger partial charge >= 0.3 is 6.03 Å². The van der Waals surface area contributed by atoms with Crippen LogP contribution < -0.4 is 16.0 Å². The SMILES string of the molecule is CC(C)NC(=O)NC(=O)CN(CC1CCCNC1)C(C)C. The summed E-state index contributed by atoms with van der Waals surface area (Å²) >= 11 is 0. The lowest BCUT2D eigenvalue weighted by molar-refractivity contribution is -0.121. The first kappa shape index (κ1) is 17.9. The highest BCUT2D eigenvalue weighted by Gasteiger charge is 2.21. The number of amides is 3. The Balaban J connectivity index is 2.41. The molecule has 0 aromatic rings. The summed E-state index contributed by atoms with van der Waals surface area (Å²) < 4.78 is 0. The number of nitrogens with one attached hydrogen (secondary N) is 3. The van der Waals surface area contributed by atoms with Gasteiger partial charge in [-0.1, -0.05) is 0 Å². The van der Waals surface area contributed by atoms with E-state index in [9.17, 15) is 9.59 Å². The molecule has 6 heteroatoms. The summed E-state index contributed by atoms with van der Waals surface area (Å²) in [4.78, 5) is 25.6. The Labute approximate surface area is 128 Å². The van der Waals surface area contributed by atoms with Crippen molar-refractivity contribution in [2.75, 3.05) is 26.2 Å². The summed E-state index contributed by atoms with van der Waals surface area (Å²) in [6, 6.07) is -0.115. The third-order valence-corrected chi connectivity index (χ3v) is 3.64. The summed E-state index contributed by atoms with van der Waals surface area (Å²) in [5, 5.41) is 8.44. The van der Waals surface area contributed by atoms with E-state index in [1.165, 1.54) is 12.8 Å². The maximum absolute atomic E-state index is 12.0. The highest BCUT2D eigenvalue weighted by atomic mass is 16.2. The first-order chi connectivity index (χ1) is 9.88. The minimum Gasteiger partial charge on any atom is -0.336 e. The van der Waals surface area contributed by atoms with E-state index in [2.05, 4.69) is 34.7 Å². The van der Waals surface area contributed by atoms with Gasteiger partial charge in [-0.3, -0.25) is 15.0 Å². The summed E-state index contributed by atoms with van der Waals surface area (Å²) in [6.45, 7) is 11.1. The molecule has 1 fully saturated rings. The van der Waals surface area contributed by atoms with Gasteiger partial charge in [0.15, 0.2) is 0 Å². The van der Waals surface area contributed by atoms with Crippen LogP contribution >= 0.6 is 0 Å². The molecule has 0 bridgehead atoms. The van der Waals surface area contributed by atoms with E-state index < -0.39 is 6.03 Å². The zero-order valence-electron chi connectivity index (χ0n) is 13.7. The number of urea groups is 1. The van der Waals surface area contributed by atoms with Gasteiger partial charge in [0.1, 0.15) is 0 Å². The second-order valence-electron chi connectivity index (χ2n) is 6.41. The summed E-state index contributed by atoms with van der Waals surface area (Å²) in [6.07, 6.45) is 2.39. The molecule has 1 aliphatic rings. The Hall–Kier alpha value is -1.14. The maximum atomic E-state index is 12.0. The quantitative estimate of drug-likeness (QED) is 0.682. The van der Waals surface area contributed by atoms with E-state index in [-0.39, 0.29) is 24.5 Å². The van der Waals surface area contributed by atoms with Gasteiger partial charge in [-0.05, 0) is 59.5 Å². The van der Waals surface area contributed by atoms with Gasteiger partial charge in [0.25, 0.3) is 0 Å². The lowest BCUT2D eigenvalue weighted by Crippen LogP contribution is -2.49. The van der Waals surface area contributed by atoms with E-state index in [0.717, 1.165) is 19.6 Å². The number of nitrogens with zero attached hydrogens (tertiary/aromatic N) is 1. The van der Waals surface area contributed by atoms with Crippen molar-refractivity contribution >= 4 is 11.9 Å². The normalized spacial score (nSPS) is 19.1. The van der Waals surface area contributed by atoms with Gasteiger partial charge in [0, 0.05) is 18.6 Å². The number of imide groups is 1. The largest absolute Gasteiger partial charge is 0.336 e. The fourth-order valence-electron chi connectivity index (χ4n) is 2.52. The van der Waals surface area contributed by atoms with Crippen LogP contribution in [0.5, 0.6) is 0 Å². The zero-order chi connectivity index (χ0) is 15.8. The molecule has 0 spiro atoms. The number of rotatable bonds is 6. The molecule has 0 aliphatic carbocycles. The Kier molecular flexibility index (Phi) is 7.67. The Bertz CT molecular complexity index is 339. The molecule has 1 heterocycles. The second-order valence-corrected chi connectivity index (χ2v) is 6.41. The van der Waals surface area contributed by atoms with Crippen LogP contribution in [0.3, 0.4) is 0 Å². The number of hydrogen-bond donors (Lipinski definition) is 3. The van der Waals surface area contributed by atoms with E-state index in [0.29, 0.717) is 5.92 Å². The van der Waals surface area contributed by atoms with Gasteiger partial charge in [0.05, 0.1) is 6.54 Å². The van der Waals surface area contributed by atoms with Gasteiger partial charge < -0.3 is 10.6 Å². The molecule has 1 aliphatic heterocycles.